The van der Waals surface area contributed by atoms with Gasteiger partial charge in [0.15, 0.2) is 5.82 Å². The molecule has 0 spiro atoms. The lowest BCUT2D eigenvalue weighted by Gasteiger charge is -2.10. The van der Waals surface area contributed by atoms with Crippen molar-refractivity contribution >= 4 is 16.7 Å². The fraction of sp³-hybridized carbons (Fsp3) is 0.200. The van der Waals surface area contributed by atoms with Crippen LogP contribution in [0.25, 0.3) is 22.3 Å². The highest BCUT2D eigenvalue weighted by molar-refractivity contribution is 5.95. The van der Waals surface area contributed by atoms with Crippen LogP contribution in [0.1, 0.15) is 5.56 Å². The predicted octanol–water partition coefficient (Wildman–Crippen LogP) is 2.45. The van der Waals surface area contributed by atoms with Gasteiger partial charge in [-0.3, -0.25) is 0 Å². The molecule has 0 aliphatic rings. The fourth-order valence-electron chi connectivity index (χ4n) is 2.16. The van der Waals surface area contributed by atoms with E-state index in [0.717, 1.165) is 27.8 Å². The first-order chi connectivity index (χ1) is 10.2. The van der Waals surface area contributed by atoms with Crippen molar-refractivity contribution in [2.24, 2.45) is 0 Å². The molecule has 2 heterocycles. The Labute approximate surface area is 122 Å². The zero-order chi connectivity index (χ0) is 14.8. The molecule has 0 bridgehead atoms. The molecular weight excluding hydrogens is 266 g/mol. The van der Waals surface area contributed by atoms with Crippen LogP contribution in [0.5, 0.6) is 5.75 Å². The largest absolute Gasteiger partial charge is 0.494 e. The normalized spacial score (nSPS) is 10.6. The van der Waals surface area contributed by atoms with Gasteiger partial charge in [0.1, 0.15) is 23.4 Å². The van der Waals surface area contributed by atoms with Crippen LogP contribution < -0.4 is 10.1 Å². The molecule has 0 aliphatic heterocycles. The molecule has 2 aromatic heterocycles. The summed E-state index contributed by atoms with van der Waals surface area (Å²) in [5.74, 6) is 2.06. The summed E-state index contributed by atoms with van der Waals surface area (Å²) in [6.45, 7) is 1.96. The van der Waals surface area contributed by atoms with E-state index in [1.165, 1.54) is 6.33 Å². The van der Waals surface area contributed by atoms with E-state index < -0.39 is 0 Å². The van der Waals surface area contributed by atoms with E-state index in [9.17, 15) is 0 Å². The topological polar surface area (TPSA) is 72.8 Å². The smallest absolute Gasteiger partial charge is 0.159 e. The van der Waals surface area contributed by atoms with Gasteiger partial charge in [-0.25, -0.2) is 19.9 Å². The Balaban J connectivity index is 2.27. The molecule has 3 aromatic rings. The molecule has 0 radical (unpaired) electrons. The number of methoxy groups -OCH3 is 1. The van der Waals surface area contributed by atoms with E-state index in [1.807, 2.05) is 26.1 Å². The summed E-state index contributed by atoms with van der Waals surface area (Å²) in [5, 5.41) is 3.94. The number of hydrogen-bond acceptors (Lipinski definition) is 6. The highest BCUT2D eigenvalue weighted by Crippen LogP contribution is 2.32. The molecule has 6 nitrogen and oxygen atoms in total. The zero-order valence-corrected chi connectivity index (χ0v) is 12.1. The summed E-state index contributed by atoms with van der Waals surface area (Å²) >= 11 is 0. The molecule has 3 rings (SSSR count). The van der Waals surface area contributed by atoms with Crippen molar-refractivity contribution in [1.82, 2.24) is 19.9 Å². The SMILES string of the molecule is CNc1ncnc2c(OC)cc(-c3ncc(C)cn3)cc12. The first-order valence-electron chi connectivity index (χ1n) is 6.52. The van der Waals surface area contributed by atoms with Crippen LogP contribution in [0.3, 0.4) is 0 Å². The number of benzene rings is 1. The quantitative estimate of drug-likeness (QED) is 0.795. The van der Waals surface area contributed by atoms with Crippen LogP contribution in [0.2, 0.25) is 0 Å². The lowest BCUT2D eigenvalue weighted by atomic mass is 10.1. The maximum atomic E-state index is 5.44. The van der Waals surface area contributed by atoms with Crippen molar-refractivity contribution in [1.29, 1.82) is 0 Å². The van der Waals surface area contributed by atoms with Crippen LogP contribution in [0.15, 0.2) is 30.9 Å². The molecule has 0 unspecified atom stereocenters. The summed E-state index contributed by atoms with van der Waals surface area (Å²) < 4.78 is 5.44. The van der Waals surface area contributed by atoms with Crippen molar-refractivity contribution < 1.29 is 4.74 Å². The number of nitrogens with one attached hydrogen (secondary N) is 1. The predicted molar refractivity (Wildman–Crippen MR) is 81.4 cm³/mol. The van der Waals surface area contributed by atoms with Crippen molar-refractivity contribution in [3.8, 4) is 17.1 Å². The van der Waals surface area contributed by atoms with E-state index in [4.69, 9.17) is 4.74 Å². The summed E-state index contributed by atoms with van der Waals surface area (Å²) in [5.41, 5.74) is 2.64. The van der Waals surface area contributed by atoms with Crippen LogP contribution in [-0.2, 0) is 0 Å². The van der Waals surface area contributed by atoms with Crippen molar-refractivity contribution in [2.45, 2.75) is 6.92 Å². The summed E-state index contributed by atoms with van der Waals surface area (Å²) in [4.78, 5) is 17.2. The second-order valence-corrected chi connectivity index (χ2v) is 4.63. The van der Waals surface area contributed by atoms with E-state index in [2.05, 4.69) is 25.3 Å². The Morgan fingerprint density at radius 3 is 2.48 bits per heavy atom. The van der Waals surface area contributed by atoms with E-state index >= 15 is 0 Å². The number of hydrogen-bond donors (Lipinski definition) is 1. The number of ether oxygens (including phenoxy) is 1. The first-order valence-corrected chi connectivity index (χ1v) is 6.52. The third-order valence-electron chi connectivity index (χ3n) is 3.20. The van der Waals surface area contributed by atoms with Gasteiger partial charge < -0.3 is 10.1 Å². The Morgan fingerprint density at radius 2 is 1.81 bits per heavy atom. The molecule has 21 heavy (non-hydrogen) atoms. The van der Waals surface area contributed by atoms with E-state index in [1.54, 1.807) is 19.5 Å². The Bertz CT molecular complexity index is 786. The number of nitrogens with zero attached hydrogens (tertiary/aromatic N) is 4. The maximum absolute atomic E-state index is 5.44. The molecular formula is C15H15N5O. The maximum Gasteiger partial charge on any atom is 0.159 e. The zero-order valence-electron chi connectivity index (χ0n) is 12.1. The van der Waals surface area contributed by atoms with E-state index in [0.29, 0.717) is 11.6 Å². The van der Waals surface area contributed by atoms with Gasteiger partial charge in [-0.2, -0.15) is 0 Å². The first kappa shape index (κ1) is 13.2. The monoisotopic (exact) mass is 281 g/mol. The molecule has 0 saturated heterocycles. The van der Waals surface area contributed by atoms with Crippen LogP contribution in [0, 0.1) is 6.92 Å². The minimum absolute atomic E-state index is 0.645. The average Bonchev–Trinajstić information content (AvgIpc) is 2.53. The number of rotatable bonds is 3. The third kappa shape index (κ3) is 2.35. The lowest BCUT2D eigenvalue weighted by Crippen LogP contribution is -1.98. The Hall–Kier alpha value is -2.76. The average molecular weight is 281 g/mol. The molecule has 1 N–H and O–H groups in total. The summed E-state index contributed by atoms with van der Waals surface area (Å²) in [7, 11) is 3.44. The fourth-order valence-corrected chi connectivity index (χ4v) is 2.16. The number of fused-ring (bicyclic) bond motifs is 1. The Morgan fingerprint density at radius 1 is 1.05 bits per heavy atom. The molecule has 6 heteroatoms. The highest BCUT2D eigenvalue weighted by atomic mass is 16.5. The summed E-state index contributed by atoms with van der Waals surface area (Å²) in [6.07, 6.45) is 5.09. The number of anilines is 1. The van der Waals surface area contributed by atoms with Crippen molar-refractivity contribution in [2.75, 3.05) is 19.5 Å². The third-order valence-corrected chi connectivity index (χ3v) is 3.20. The number of aryl methyl sites for hydroxylation is 1. The molecule has 0 atom stereocenters. The summed E-state index contributed by atoms with van der Waals surface area (Å²) in [6, 6.07) is 3.85. The minimum atomic E-state index is 0.645. The second kappa shape index (κ2) is 5.32. The second-order valence-electron chi connectivity index (χ2n) is 4.63. The van der Waals surface area contributed by atoms with Gasteiger partial charge in [-0.1, -0.05) is 0 Å². The van der Waals surface area contributed by atoms with Gasteiger partial charge in [0.25, 0.3) is 0 Å². The Kier molecular flexibility index (Phi) is 3.35. The highest BCUT2D eigenvalue weighted by Gasteiger charge is 2.12. The van der Waals surface area contributed by atoms with Crippen molar-refractivity contribution in [3.05, 3.63) is 36.4 Å². The van der Waals surface area contributed by atoms with Crippen molar-refractivity contribution in [3.63, 3.8) is 0 Å². The van der Waals surface area contributed by atoms with E-state index in [-0.39, 0.29) is 0 Å². The van der Waals surface area contributed by atoms with Gasteiger partial charge in [0.2, 0.25) is 0 Å². The molecule has 0 aliphatic carbocycles. The number of aromatic nitrogens is 4. The van der Waals surface area contributed by atoms with Crippen LogP contribution >= 0.6 is 0 Å². The van der Waals surface area contributed by atoms with Gasteiger partial charge >= 0.3 is 0 Å². The van der Waals surface area contributed by atoms with Gasteiger partial charge in [-0.05, 0) is 24.6 Å². The van der Waals surface area contributed by atoms with Gasteiger partial charge in [0, 0.05) is 30.4 Å². The lowest BCUT2D eigenvalue weighted by molar-refractivity contribution is 0.419. The van der Waals surface area contributed by atoms with Gasteiger partial charge in [-0.15, -0.1) is 0 Å². The molecule has 106 valence electrons. The molecule has 0 saturated carbocycles. The molecule has 0 amide bonds. The standard InChI is InChI=1S/C15H15N5O/c1-9-6-17-14(18-7-9)10-4-11-13(12(5-10)21-3)19-8-20-15(11)16-2/h4-8H,1-3H3,(H,16,19,20). The molecule has 0 fully saturated rings. The van der Waals surface area contributed by atoms with Crippen LogP contribution in [0.4, 0.5) is 5.82 Å². The molecule has 1 aromatic carbocycles. The van der Waals surface area contributed by atoms with Crippen LogP contribution in [-0.4, -0.2) is 34.1 Å². The van der Waals surface area contributed by atoms with Gasteiger partial charge in [0.05, 0.1) is 7.11 Å². The minimum Gasteiger partial charge on any atom is -0.494 e.